The highest BCUT2D eigenvalue weighted by atomic mass is 35.5. The smallest absolute Gasteiger partial charge is 0.254 e. The number of morpholine rings is 1. The van der Waals surface area contributed by atoms with Crippen molar-refractivity contribution >= 4 is 35.0 Å². The molecule has 216 valence electrons. The minimum Gasteiger partial charge on any atom is -0.366 e. The van der Waals surface area contributed by atoms with Crippen LogP contribution in [0.25, 0.3) is 0 Å². The Bertz CT molecular complexity index is 1180. The van der Waals surface area contributed by atoms with E-state index >= 15 is 0 Å². The average Bonchev–Trinajstić information content (AvgIpc) is 3.01. The molecule has 0 spiro atoms. The zero-order chi connectivity index (χ0) is 28.2. The van der Waals surface area contributed by atoms with Gasteiger partial charge in [0.15, 0.2) is 0 Å². The van der Waals surface area contributed by atoms with Gasteiger partial charge in [0.25, 0.3) is 5.91 Å². The molecule has 9 heteroatoms. The SMILES string of the molecule is CC(CNC(=O)C1(N2CCCCC2)CCNCC1)C1(c2ccc(Cl)c(Cl)c2)CN(C(=O)c2ccccc2)CCO1. The lowest BCUT2D eigenvalue weighted by Crippen LogP contribution is -2.64. The molecule has 3 fully saturated rings. The largest absolute Gasteiger partial charge is 0.366 e. The topological polar surface area (TPSA) is 73.9 Å². The first-order valence-corrected chi connectivity index (χ1v) is 15.3. The number of piperidine rings is 2. The van der Waals surface area contributed by atoms with Crippen LogP contribution in [0.15, 0.2) is 48.5 Å². The summed E-state index contributed by atoms with van der Waals surface area (Å²) in [6.45, 7) is 7.31. The Kier molecular flexibility index (Phi) is 9.38. The Balaban J connectivity index is 1.40. The summed E-state index contributed by atoms with van der Waals surface area (Å²) in [7, 11) is 0. The Hall–Kier alpha value is -2.16. The van der Waals surface area contributed by atoms with E-state index in [1.54, 1.807) is 6.07 Å². The summed E-state index contributed by atoms with van der Waals surface area (Å²) in [6.07, 6.45) is 5.12. The maximum Gasteiger partial charge on any atom is 0.254 e. The Morgan fingerprint density at radius 3 is 2.42 bits per heavy atom. The van der Waals surface area contributed by atoms with Crippen LogP contribution in [0.5, 0.6) is 0 Å². The highest BCUT2D eigenvalue weighted by Gasteiger charge is 2.48. The fraction of sp³-hybridized carbons (Fsp3) is 0.548. The van der Waals surface area contributed by atoms with Gasteiger partial charge in [-0.1, -0.05) is 60.8 Å². The summed E-state index contributed by atoms with van der Waals surface area (Å²) in [6, 6.07) is 14.8. The molecule has 5 rings (SSSR count). The van der Waals surface area contributed by atoms with Crippen molar-refractivity contribution in [1.82, 2.24) is 20.4 Å². The van der Waals surface area contributed by atoms with Crippen LogP contribution in [0.2, 0.25) is 10.0 Å². The predicted octanol–water partition coefficient (Wildman–Crippen LogP) is 4.72. The second-order valence-electron chi connectivity index (χ2n) is 11.4. The molecule has 2 atom stereocenters. The number of carbonyl (C=O) groups is 2. The summed E-state index contributed by atoms with van der Waals surface area (Å²) in [5.74, 6) is -0.0939. The first-order chi connectivity index (χ1) is 19.4. The molecule has 2 unspecified atom stereocenters. The fourth-order valence-corrected chi connectivity index (χ4v) is 6.92. The lowest BCUT2D eigenvalue weighted by atomic mass is 9.79. The molecule has 3 aliphatic rings. The number of nitrogens with one attached hydrogen (secondary N) is 2. The number of hydrogen-bond acceptors (Lipinski definition) is 5. The molecule has 3 saturated heterocycles. The zero-order valence-electron chi connectivity index (χ0n) is 23.3. The minimum atomic E-state index is -0.864. The molecule has 0 saturated carbocycles. The van der Waals surface area contributed by atoms with Gasteiger partial charge in [0.05, 0.1) is 23.2 Å². The summed E-state index contributed by atoms with van der Waals surface area (Å²) < 4.78 is 6.58. The van der Waals surface area contributed by atoms with Crippen molar-refractivity contribution in [1.29, 1.82) is 0 Å². The van der Waals surface area contributed by atoms with Gasteiger partial charge in [0, 0.05) is 24.6 Å². The van der Waals surface area contributed by atoms with Gasteiger partial charge in [-0.05, 0) is 81.7 Å². The summed E-state index contributed by atoms with van der Waals surface area (Å²) in [4.78, 5) is 31.7. The number of amides is 2. The number of nitrogens with zero attached hydrogens (tertiary/aromatic N) is 2. The van der Waals surface area contributed by atoms with Crippen molar-refractivity contribution in [3.05, 3.63) is 69.7 Å². The number of carbonyl (C=O) groups excluding carboxylic acids is 2. The lowest BCUT2D eigenvalue weighted by Gasteiger charge is -2.48. The van der Waals surface area contributed by atoms with Gasteiger partial charge in [-0.25, -0.2) is 0 Å². The number of benzene rings is 2. The number of rotatable bonds is 7. The van der Waals surface area contributed by atoms with E-state index < -0.39 is 11.1 Å². The monoisotopic (exact) mass is 586 g/mol. The standard InChI is InChI=1S/C31H40Cl2N4O3/c1-23(21-35-29(39)30(12-14-34-15-13-30)37-16-6-3-7-17-37)31(25-10-11-26(32)27(33)20-25)22-36(18-19-40-31)28(38)24-8-4-2-5-9-24/h2,4-5,8-11,20,23,34H,3,6-7,12-19,21-22H2,1H3,(H,35,39). The molecule has 2 N–H and O–H groups in total. The number of hydrogen-bond donors (Lipinski definition) is 2. The van der Waals surface area contributed by atoms with Gasteiger partial charge < -0.3 is 20.3 Å². The van der Waals surface area contributed by atoms with E-state index in [1.807, 2.05) is 47.4 Å². The molecule has 7 nitrogen and oxygen atoms in total. The quantitative estimate of drug-likeness (QED) is 0.491. The molecule has 2 aromatic carbocycles. The van der Waals surface area contributed by atoms with Crippen molar-refractivity contribution in [3.8, 4) is 0 Å². The van der Waals surface area contributed by atoms with Crippen LogP contribution in [-0.4, -0.2) is 79.6 Å². The van der Waals surface area contributed by atoms with E-state index in [-0.39, 0.29) is 17.7 Å². The molecule has 0 aromatic heterocycles. The van der Waals surface area contributed by atoms with Crippen molar-refractivity contribution in [2.45, 2.75) is 50.2 Å². The molecule has 0 bridgehead atoms. The van der Waals surface area contributed by atoms with E-state index in [4.69, 9.17) is 27.9 Å². The molecule has 3 heterocycles. The van der Waals surface area contributed by atoms with Gasteiger partial charge in [0.2, 0.25) is 5.91 Å². The second-order valence-corrected chi connectivity index (χ2v) is 12.2. The maximum absolute atomic E-state index is 14.0. The van der Waals surface area contributed by atoms with Crippen LogP contribution in [0, 0.1) is 5.92 Å². The third kappa shape index (κ3) is 5.90. The highest BCUT2D eigenvalue weighted by molar-refractivity contribution is 6.42. The van der Waals surface area contributed by atoms with E-state index in [2.05, 4.69) is 22.5 Å². The maximum atomic E-state index is 14.0. The predicted molar refractivity (Wildman–Crippen MR) is 159 cm³/mol. The molecule has 2 amide bonds. The van der Waals surface area contributed by atoms with Crippen molar-refractivity contribution in [3.63, 3.8) is 0 Å². The minimum absolute atomic E-state index is 0.0386. The fourth-order valence-electron chi connectivity index (χ4n) is 6.62. The van der Waals surface area contributed by atoms with Crippen LogP contribution >= 0.6 is 23.2 Å². The van der Waals surface area contributed by atoms with Gasteiger partial charge in [-0.2, -0.15) is 0 Å². The Labute approximate surface area is 247 Å². The molecule has 3 aliphatic heterocycles. The van der Waals surface area contributed by atoms with Gasteiger partial charge in [0.1, 0.15) is 11.1 Å². The molecular weight excluding hydrogens is 547 g/mol. The third-order valence-corrected chi connectivity index (χ3v) is 9.78. The average molecular weight is 588 g/mol. The summed E-state index contributed by atoms with van der Waals surface area (Å²) >= 11 is 12.8. The summed E-state index contributed by atoms with van der Waals surface area (Å²) in [5.41, 5.74) is 0.145. The van der Waals surface area contributed by atoms with E-state index in [0.29, 0.717) is 41.8 Å². The van der Waals surface area contributed by atoms with Crippen LogP contribution < -0.4 is 10.6 Å². The van der Waals surface area contributed by atoms with E-state index in [9.17, 15) is 9.59 Å². The summed E-state index contributed by atoms with van der Waals surface area (Å²) in [5, 5.41) is 7.66. The first kappa shape index (κ1) is 29.3. The molecule has 0 aliphatic carbocycles. The third-order valence-electron chi connectivity index (χ3n) is 9.04. The van der Waals surface area contributed by atoms with Crippen molar-refractivity contribution < 1.29 is 14.3 Å². The van der Waals surface area contributed by atoms with Crippen LogP contribution in [0.3, 0.4) is 0 Å². The number of ether oxygens (including phenoxy) is 1. The zero-order valence-corrected chi connectivity index (χ0v) is 24.8. The Morgan fingerprint density at radius 1 is 1.00 bits per heavy atom. The van der Waals surface area contributed by atoms with Crippen LogP contribution in [-0.2, 0) is 15.1 Å². The second kappa shape index (κ2) is 12.8. The number of halogens is 2. The van der Waals surface area contributed by atoms with E-state index in [0.717, 1.165) is 57.4 Å². The van der Waals surface area contributed by atoms with Crippen molar-refractivity contribution in [2.75, 3.05) is 52.4 Å². The van der Waals surface area contributed by atoms with Gasteiger partial charge in [-0.3, -0.25) is 14.5 Å². The van der Waals surface area contributed by atoms with E-state index in [1.165, 1.54) is 6.42 Å². The molecule has 40 heavy (non-hydrogen) atoms. The lowest BCUT2D eigenvalue weighted by molar-refractivity contribution is -0.144. The van der Waals surface area contributed by atoms with Crippen LogP contribution in [0.4, 0.5) is 0 Å². The molecule has 0 radical (unpaired) electrons. The number of likely N-dealkylation sites (tertiary alicyclic amines) is 1. The highest BCUT2D eigenvalue weighted by Crippen LogP contribution is 2.40. The molecule has 2 aromatic rings. The van der Waals surface area contributed by atoms with Crippen LogP contribution in [0.1, 0.15) is 54.9 Å². The van der Waals surface area contributed by atoms with Gasteiger partial charge >= 0.3 is 0 Å². The normalized spacial score (nSPS) is 24.3. The Morgan fingerprint density at radius 2 is 1.73 bits per heavy atom. The first-order valence-electron chi connectivity index (χ1n) is 14.5. The molecular formula is C31H40Cl2N4O3. The van der Waals surface area contributed by atoms with Gasteiger partial charge in [-0.15, -0.1) is 0 Å². The van der Waals surface area contributed by atoms with Crippen molar-refractivity contribution in [2.24, 2.45) is 5.92 Å².